The molecular formula is C8H10ClNO3. The molecule has 0 saturated carbocycles. The third-order valence-corrected chi connectivity index (χ3v) is 1.81. The van der Waals surface area contributed by atoms with E-state index in [0.29, 0.717) is 17.2 Å². The Morgan fingerprint density at radius 2 is 1.69 bits per heavy atom. The van der Waals surface area contributed by atoms with E-state index in [9.17, 15) is 0 Å². The first-order chi connectivity index (χ1) is 6.24. The summed E-state index contributed by atoms with van der Waals surface area (Å²) in [7, 11) is 4.52. The second kappa shape index (κ2) is 4.18. The van der Waals surface area contributed by atoms with Gasteiger partial charge in [-0.25, -0.2) is 4.98 Å². The summed E-state index contributed by atoms with van der Waals surface area (Å²) in [6.45, 7) is 0. The molecule has 0 bridgehead atoms. The lowest BCUT2D eigenvalue weighted by atomic mass is 10.4. The molecule has 0 radical (unpaired) electrons. The van der Waals surface area contributed by atoms with Crippen LogP contribution < -0.4 is 14.2 Å². The highest BCUT2D eigenvalue weighted by Gasteiger charge is 2.15. The summed E-state index contributed by atoms with van der Waals surface area (Å²) in [6.07, 6.45) is 1.48. The second-order valence-electron chi connectivity index (χ2n) is 2.18. The van der Waals surface area contributed by atoms with E-state index in [1.54, 1.807) is 0 Å². The number of halogens is 1. The van der Waals surface area contributed by atoms with Crippen LogP contribution in [0.4, 0.5) is 0 Å². The molecule has 0 unspecified atom stereocenters. The molecule has 0 amide bonds. The molecule has 0 N–H and O–H groups in total. The zero-order valence-corrected chi connectivity index (χ0v) is 8.38. The summed E-state index contributed by atoms with van der Waals surface area (Å²) in [6, 6.07) is 0. The molecule has 4 nitrogen and oxygen atoms in total. The van der Waals surface area contributed by atoms with Gasteiger partial charge in [-0.3, -0.25) is 0 Å². The molecule has 1 rings (SSSR count). The van der Waals surface area contributed by atoms with Crippen molar-refractivity contribution in [1.29, 1.82) is 0 Å². The van der Waals surface area contributed by atoms with Crippen molar-refractivity contribution in [3.05, 3.63) is 11.3 Å². The molecule has 0 saturated heterocycles. The summed E-state index contributed by atoms with van der Waals surface area (Å²) in [5.41, 5.74) is 0. The van der Waals surface area contributed by atoms with Crippen molar-refractivity contribution in [3.63, 3.8) is 0 Å². The van der Waals surface area contributed by atoms with Gasteiger partial charge in [-0.1, -0.05) is 11.6 Å². The Morgan fingerprint density at radius 3 is 2.15 bits per heavy atom. The van der Waals surface area contributed by atoms with Crippen LogP contribution in [0.15, 0.2) is 6.20 Å². The third-order valence-electron chi connectivity index (χ3n) is 1.54. The minimum Gasteiger partial charge on any atom is -0.491 e. The molecular weight excluding hydrogens is 194 g/mol. The smallest absolute Gasteiger partial charge is 0.208 e. The van der Waals surface area contributed by atoms with Gasteiger partial charge in [0.15, 0.2) is 10.9 Å². The Bertz CT molecular complexity index is 304. The number of hydrogen-bond donors (Lipinski definition) is 0. The molecule has 0 aliphatic heterocycles. The first kappa shape index (κ1) is 9.92. The average Bonchev–Trinajstić information content (AvgIpc) is 2.17. The first-order valence-corrected chi connectivity index (χ1v) is 3.92. The Hall–Kier alpha value is -1.16. The summed E-state index contributed by atoms with van der Waals surface area (Å²) in [4.78, 5) is 3.86. The minimum absolute atomic E-state index is 0.250. The van der Waals surface area contributed by atoms with Crippen molar-refractivity contribution in [2.75, 3.05) is 21.3 Å². The van der Waals surface area contributed by atoms with Crippen molar-refractivity contribution >= 4 is 11.6 Å². The molecule has 1 aromatic heterocycles. The quantitative estimate of drug-likeness (QED) is 0.702. The fourth-order valence-corrected chi connectivity index (χ4v) is 1.17. The Kier molecular flexibility index (Phi) is 3.19. The number of rotatable bonds is 3. The van der Waals surface area contributed by atoms with Gasteiger partial charge in [0.1, 0.15) is 0 Å². The molecule has 72 valence electrons. The summed E-state index contributed by atoms with van der Waals surface area (Å²) in [5, 5.41) is 0.250. The second-order valence-corrected chi connectivity index (χ2v) is 2.54. The maximum Gasteiger partial charge on any atom is 0.208 e. The fourth-order valence-electron chi connectivity index (χ4n) is 0.954. The van der Waals surface area contributed by atoms with E-state index in [-0.39, 0.29) is 5.15 Å². The molecule has 0 aromatic carbocycles. The number of hydrogen-bond acceptors (Lipinski definition) is 4. The van der Waals surface area contributed by atoms with Crippen LogP contribution in [-0.4, -0.2) is 26.3 Å². The average molecular weight is 204 g/mol. The fraction of sp³-hybridized carbons (Fsp3) is 0.375. The van der Waals surface area contributed by atoms with Crippen LogP contribution in [0.25, 0.3) is 0 Å². The van der Waals surface area contributed by atoms with E-state index in [1.165, 1.54) is 27.5 Å². The van der Waals surface area contributed by atoms with Crippen LogP contribution in [0, 0.1) is 0 Å². The van der Waals surface area contributed by atoms with Crippen molar-refractivity contribution in [1.82, 2.24) is 4.98 Å². The normalized spacial score (nSPS) is 9.54. The number of pyridine rings is 1. The number of aromatic nitrogens is 1. The zero-order valence-electron chi connectivity index (χ0n) is 7.63. The molecule has 1 heterocycles. The Morgan fingerprint density at radius 1 is 1.08 bits per heavy atom. The molecule has 0 aliphatic rings. The van der Waals surface area contributed by atoms with Crippen molar-refractivity contribution in [3.8, 4) is 17.2 Å². The van der Waals surface area contributed by atoms with Crippen molar-refractivity contribution < 1.29 is 14.2 Å². The molecule has 13 heavy (non-hydrogen) atoms. The summed E-state index contributed by atoms with van der Waals surface area (Å²) < 4.78 is 15.1. The molecule has 5 heteroatoms. The highest BCUT2D eigenvalue weighted by atomic mass is 35.5. The van der Waals surface area contributed by atoms with E-state index in [2.05, 4.69) is 4.98 Å². The lowest BCUT2D eigenvalue weighted by molar-refractivity contribution is 0.322. The predicted molar refractivity (Wildman–Crippen MR) is 48.9 cm³/mol. The van der Waals surface area contributed by atoms with Gasteiger partial charge in [0, 0.05) is 0 Å². The lowest BCUT2D eigenvalue weighted by Gasteiger charge is -2.11. The van der Waals surface area contributed by atoms with Crippen LogP contribution in [0.2, 0.25) is 5.15 Å². The summed E-state index contributed by atoms with van der Waals surface area (Å²) >= 11 is 5.77. The topological polar surface area (TPSA) is 40.6 Å². The van der Waals surface area contributed by atoms with E-state index in [4.69, 9.17) is 25.8 Å². The number of methoxy groups -OCH3 is 3. The van der Waals surface area contributed by atoms with Crippen molar-refractivity contribution in [2.24, 2.45) is 0 Å². The van der Waals surface area contributed by atoms with Crippen LogP contribution >= 0.6 is 11.6 Å². The summed E-state index contributed by atoms with van der Waals surface area (Å²) in [5.74, 6) is 1.32. The van der Waals surface area contributed by atoms with E-state index in [0.717, 1.165) is 0 Å². The monoisotopic (exact) mass is 203 g/mol. The Labute approximate surface area is 81.4 Å². The molecule has 0 aliphatic carbocycles. The first-order valence-electron chi connectivity index (χ1n) is 3.55. The molecule has 1 aromatic rings. The van der Waals surface area contributed by atoms with Gasteiger partial charge < -0.3 is 14.2 Å². The Balaban J connectivity index is 3.27. The highest BCUT2D eigenvalue weighted by Crippen LogP contribution is 2.40. The van der Waals surface area contributed by atoms with E-state index < -0.39 is 0 Å². The SMILES string of the molecule is COc1cnc(Cl)c(OC)c1OC. The maximum absolute atomic E-state index is 5.77. The molecule has 0 fully saturated rings. The van der Waals surface area contributed by atoms with Gasteiger partial charge >= 0.3 is 0 Å². The largest absolute Gasteiger partial charge is 0.491 e. The predicted octanol–water partition coefficient (Wildman–Crippen LogP) is 1.76. The molecule has 0 atom stereocenters. The standard InChI is InChI=1S/C8H10ClNO3/c1-11-5-4-10-8(9)7(13-3)6(5)12-2/h4H,1-3H3. The lowest BCUT2D eigenvalue weighted by Crippen LogP contribution is -1.96. The van der Waals surface area contributed by atoms with E-state index >= 15 is 0 Å². The zero-order chi connectivity index (χ0) is 9.84. The van der Waals surface area contributed by atoms with Gasteiger partial charge in [0.2, 0.25) is 11.5 Å². The van der Waals surface area contributed by atoms with Gasteiger partial charge in [-0.2, -0.15) is 0 Å². The van der Waals surface area contributed by atoms with E-state index in [1.807, 2.05) is 0 Å². The minimum atomic E-state index is 0.250. The van der Waals surface area contributed by atoms with Crippen LogP contribution in [0.3, 0.4) is 0 Å². The maximum atomic E-state index is 5.77. The van der Waals surface area contributed by atoms with Crippen LogP contribution in [0.1, 0.15) is 0 Å². The number of ether oxygens (including phenoxy) is 3. The molecule has 0 spiro atoms. The van der Waals surface area contributed by atoms with Crippen molar-refractivity contribution in [2.45, 2.75) is 0 Å². The van der Waals surface area contributed by atoms with Crippen LogP contribution in [-0.2, 0) is 0 Å². The third kappa shape index (κ3) is 1.78. The number of nitrogens with zero attached hydrogens (tertiary/aromatic N) is 1. The van der Waals surface area contributed by atoms with Gasteiger partial charge in [-0.15, -0.1) is 0 Å². The van der Waals surface area contributed by atoms with Crippen LogP contribution in [0.5, 0.6) is 17.2 Å². The highest BCUT2D eigenvalue weighted by molar-refractivity contribution is 6.31. The van der Waals surface area contributed by atoms with Gasteiger partial charge in [0.05, 0.1) is 27.5 Å². The van der Waals surface area contributed by atoms with Gasteiger partial charge in [0.25, 0.3) is 0 Å². The van der Waals surface area contributed by atoms with Gasteiger partial charge in [-0.05, 0) is 0 Å².